The summed E-state index contributed by atoms with van der Waals surface area (Å²) in [4.78, 5) is 4.55. The Morgan fingerprint density at radius 2 is 1.86 bits per heavy atom. The minimum atomic E-state index is 0.608. The quantitative estimate of drug-likeness (QED) is 0.626. The third-order valence-corrected chi connectivity index (χ3v) is 4.18. The van der Waals surface area contributed by atoms with Gasteiger partial charge < -0.3 is 5.32 Å². The monoisotopic (exact) mass is 401 g/mol. The van der Waals surface area contributed by atoms with E-state index in [1.807, 2.05) is 42.5 Å². The summed E-state index contributed by atoms with van der Waals surface area (Å²) in [6.45, 7) is 0. The zero-order valence-corrected chi connectivity index (χ0v) is 13.9. The molecule has 0 aliphatic rings. The van der Waals surface area contributed by atoms with Crippen LogP contribution in [0.15, 0.2) is 57.5 Å². The number of rotatable bonds is 2. The first kappa shape index (κ1) is 14.1. The van der Waals surface area contributed by atoms with Crippen LogP contribution in [0.25, 0.3) is 10.9 Å². The number of fused-ring (bicyclic) bond motifs is 1. The number of hydrogen-bond donors (Lipinski definition) is 1. The van der Waals surface area contributed by atoms with Gasteiger partial charge in [0.1, 0.15) is 5.82 Å². The van der Waals surface area contributed by atoms with Gasteiger partial charge in [0.15, 0.2) is 0 Å². The van der Waals surface area contributed by atoms with Crippen LogP contribution in [-0.2, 0) is 0 Å². The number of nitriles is 1. The van der Waals surface area contributed by atoms with Gasteiger partial charge in [0.2, 0.25) is 0 Å². The molecule has 3 aromatic rings. The summed E-state index contributed by atoms with van der Waals surface area (Å²) in [5.41, 5.74) is 2.30. The maximum absolute atomic E-state index is 9.30. The highest BCUT2D eigenvalue weighted by Gasteiger charge is 2.07. The molecule has 0 radical (unpaired) electrons. The average Bonchev–Trinajstić information content (AvgIpc) is 2.49. The van der Waals surface area contributed by atoms with Crippen LogP contribution in [-0.4, -0.2) is 4.98 Å². The Morgan fingerprint density at radius 3 is 2.62 bits per heavy atom. The molecule has 0 saturated carbocycles. The van der Waals surface area contributed by atoms with Crippen LogP contribution in [0.5, 0.6) is 0 Å². The molecule has 0 spiro atoms. The molecule has 2 aromatic carbocycles. The second-order valence-corrected chi connectivity index (χ2v) is 6.20. The molecule has 1 heterocycles. The van der Waals surface area contributed by atoms with Crippen molar-refractivity contribution < 1.29 is 0 Å². The number of halogens is 2. The fraction of sp³-hybridized carbons (Fsp3) is 0. The second-order valence-electron chi connectivity index (χ2n) is 4.43. The molecule has 0 atom stereocenters. The van der Waals surface area contributed by atoms with Gasteiger partial charge in [-0.05, 0) is 46.3 Å². The predicted molar refractivity (Wildman–Crippen MR) is 91.6 cm³/mol. The van der Waals surface area contributed by atoms with Crippen molar-refractivity contribution in [3.63, 3.8) is 0 Å². The molecular weight excluding hydrogens is 394 g/mol. The molecule has 0 fully saturated rings. The highest BCUT2D eigenvalue weighted by Crippen LogP contribution is 2.29. The van der Waals surface area contributed by atoms with Gasteiger partial charge in [0, 0.05) is 14.3 Å². The van der Waals surface area contributed by atoms with Gasteiger partial charge in [0.05, 0.1) is 22.8 Å². The molecule has 3 rings (SSSR count). The van der Waals surface area contributed by atoms with Gasteiger partial charge >= 0.3 is 0 Å². The van der Waals surface area contributed by atoms with E-state index in [1.54, 1.807) is 6.07 Å². The summed E-state index contributed by atoms with van der Waals surface area (Å²) in [6, 6.07) is 17.4. The van der Waals surface area contributed by atoms with Crippen LogP contribution < -0.4 is 5.32 Å². The van der Waals surface area contributed by atoms with Crippen molar-refractivity contribution in [2.45, 2.75) is 0 Å². The molecule has 0 saturated heterocycles. The van der Waals surface area contributed by atoms with Crippen LogP contribution in [0.3, 0.4) is 0 Å². The minimum absolute atomic E-state index is 0.608. The Balaban J connectivity index is 2.07. The molecule has 0 bridgehead atoms. The van der Waals surface area contributed by atoms with Crippen molar-refractivity contribution >= 4 is 54.3 Å². The summed E-state index contributed by atoms with van der Waals surface area (Å²) in [5, 5.41) is 13.4. The molecule has 0 amide bonds. The van der Waals surface area contributed by atoms with E-state index in [9.17, 15) is 5.26 Å². The van der Waals surface area contributed by atoms with Crippen molar-refractivity contribution in [3.05, 3.63) is 63.0 Å². The van der Waals surface area contributed by atoms with Crippen LogP contribution >= 0.6 is 31.9 Å². The third-order valence-electron chi connectivity index (χ3n) is 3.03. The summed E-state index contributed by atoms with van der Waals surface area (Å²) >= 11 is 6.93. The first-order valence-corrected chi connectivity index (χ1v) is 7.78. The Bertz CT molecular complexity index is 869. The number of anilines is 2. The Kier molecular flexibility index (Phi) is 3.91. The number of nitrogens with one attached hydrogen (secondary N) is 1. The Morgan fingerprint density at radius 1 is 1.05 bits per heavy atom. The number of aromatic nitrogens is 1. The van der Waals surface area contributed by atoms with Gasteiger partial charge in [-0.2, -0.15) is 5.26 Å². The van der Waals surface area contributed by atoms with E-state index < -0.39 is 0 Å². The topological polar surface area (TPSA) is 48.7 Å². The van der Waals surface area contributed by atoms with Crippen molar-refractivity contribution in [2.24, 2.45) is 0 Å². The van der Waals surface area contributed by atoms with Crippen LogP contribution in [0.4, 0.5) is 11.5 Å². The maximum Gasteiger partial charge on any atom is 0.132 e. The lowest BCUT2D eigenvalue weighted by Gasteiger charge is -2.10. The largest absolute Gasteiger partial charge is 0.339 e. The second kappa shape index (κ2) is 5.84. The highest BCUT2D eigenvalue weighted by atomic mass is 79.9. The molecule has 1 N–H and O–H groups in total. The predicted octanol–water partition coefficient (Wildman–Crippen LogP) is 5.38. The van der Waals surface area contributed by atoms with E-state index in [1.165, 1.54) is 0 Å². The van der Waals surface area contributed by atoms with Crippen LogP contribution in [0, 0.1) is 11.3 Å². The van der Waals surface area contributed by atoms with Crippen LogP contribution in [0.1, 0.15) is 5.56 Å². The zero-order valence-electron chi connectivity index (χ0n) is 10.8. The molecular formula is C16H9Br2N3. The number of nitrogens with zero attached hydrogens (tertiary/aromatic N) is 2. The lowest BCUT2D eigenvalue weighted by molar-refractivity contribution is 1.35. The minimum Gasteiger partial charge on any atom is -0.339 e. The number of para-hydroxylation sites is 1. The molecule has 102 valence electrons. The lowest BCUT2D eigenvalue weighted by atomic mass is 10.1. The summed E-state index contributed by atoms with van der Waals surface area (Å²) in [5.74, 6) is 0.647. The van der Waals surface area contributed by atoms with Crippen LogP contribution in [0.2, 0.25) is 0 Å². The number of benzene rings is 2. The first-order chi connectivity index (χ1) is 10.2. The molecule has 3 nitrogen and oxygen atoms in total. The van der Waals surface area contributed by atoms with E-state index in [2.05, 4.69) is 48.2 Å². The molecule has 5 heteroatoms. The van der Waals surface area contributed by atoms with Gasteiger partial charge in [-0.3, -0.25) is 0 Å². The maximum atomic E-state index is 9.30. The van der Waals surface area contributed by atoms with E-state index in [0.717, 1.165) is 25.5 Å². The zero-order chi connectivity index (χ0) is 14.8. The third kappa shape index (κ3) is 2.92. The molecule has 1 aromatic heterocycles. The molecule has 21 heavy (non-hydrogen) atoms. The van der Waals surface area contributed by atoms with E-state index in [4.69, 9.17) is 0 Å². The van der Waals surface area contributed by atoms with Gasteiger partial charge in [-0.1, -0.05) is 34.1 Å². The number of pyridine rings is 1. The van der Waals surface area contributed by atoms with Crippen molar-refractivity contribution in [1.29, 1.82) is 5.26 Å². The van der Waals surface area contributed by atoms with E-state index >= 15 is 0 Å². The molecule has 0 aliphatic carbocycles. The van der Waals surface area contributed by atoms with E-state index in [0.29, 0.717) is 11.4 Å². The Hall–Kier alpha value is -1.90. The summed E-state index contributed by atoms with van der Waals surface area (Å²) < 4.78 is 1.91. The normalized spacial score (nSPS) is 10.3. The van der Waals surface area contributed by atoms with E-state index in [-0.39, 0.29) is 0 Å². The van der Waals surface area contributed by atoms with Crippen molar-refractivity contribution in [2.75, 3.05) is 5.32 Å². The highest BCUT2D eigenvalue weighted by molar-refractivity contribution is 9.11. The smallest absolute Gasteiger partial charge is 0.132 e. The molecule has 0 aliphatic heterocycles. The average molecular weight is 403 g/mol. The SMILES string of the molecule is N#Cc1cc(Nc2ccc(Br)cc2Br)nc2ccccc12. The first-order valence-electron chi connectivity index (χ1n) is 6.19. The summed E-state index contributed by atoms with van der Waals surface area (Å²) in [7, 11) is 0. The number of hydrogen-bond acceptors (Lipinski definition) is 3. The van der Waals surface area contributed by atoms with Crippen molar-refractivity contribution in [1.82, 2.24) is 4.98 Å². The van der Waals surface area contributed by atoms with Crippen molar-refractivity contribution in [3.8, 4) is 6.07 Å². The fourth-order valence-corrected chi connectivity index (χ4v) is 3.21. The lowest BCUT2D eigenvalue weighted by Crippen LogP contribution is -1.96. The summed E-state index contributed by atoms with van der Waals surface area (Å²) in [6.07, 6.45) is 0. The van der Waals surface area contributed by atoms with Gasteiger partial charge in [-0.25, -0.2) is 4.98 Å². The Labute approximate surface area is 138 Å². The standard InChI is InChI=1S/C16H9Br2N3/c17-11-5-6-15(13(18)8-11)21-16-7-10(9-19)12-3-1-2-4-14(12)20-16/h1-8H,(H,20,21). The molecule has 0 unspecified atom stereocenters. The van der Waals surface area contributed by atoms with Gasteiger partial charge in [0.25, 0.3) is 0 Å². The van der Waals surface area contributed by atoms with Gasteiger partial charge in [-0.15, -0.1) is 0 Å². The fourth-order valence-electron chi connectivity index (χ4n) is 2.06.